The van der Waals surface area contributed by atoms with E-state index >= 15 is 0 Å². The van der Waals surface area contributed by atoms with Crippen LogP contribution in [-0.4, -0.2) is 35.8 Å². The highest BCUT2D eigenvalue weighted by atomic mass is 19.4. The third-order valence-electron chi connectivity index (χ3n) is 6.38. The third kappa shape index (κ3) is 3.91. The lowest BCUT2D eigenvalue weighted by atomic mass is 9.89. The molecule has 1 aliphatic rings. The molecule has 1 unspecified atom stereocenters. The third-order valence-corrected chi connectivity index (χ3v) is 6.38. The standard InChI is InChI=1S/C24H26F3N7/c1-4-34-22(14-5-7-15(8-6-14)24(25,26)27)31-20-21(28-12-29-23(20)34)30-16-9-10-18-17(11-16)19(13(2)3)33-32-18/h5-8,12-13,16H,4,9-11H2,1-3H3,(H,32,33)(H,28,29,30). The van der Waals surface area contributed by atoms with Gasteiger partial charge in [-0.05, 0) is 49.8 Å². The zero-order valence-electron chi connectivity index (χ0n) is 19.2. The molecule has 5 rings (SSSR count). The fraction of sp³-hybridized carbons (Fsp3) is 0.417. The summed E-state index contributed by atoms with van der Waals surface area (Å²) in [5.74, 6) is 1.54. The zero-order chi connectivity index (χ0) is 24.0. The monoisotopic (exact) mass is 469 g/mol. The number of nitrogens with zero attached hydrogens (tertiary/aromatic N) is 5. The van der Waals surface area contributed by atoms with E-state index in [2.05, 4.69) is 39.3 Å². The number of imidazole rings is 1. The SMILES string of the molecule is CCn1c(-c2ccc(C(F)(F)F)cc2)nc2c(NC3CCc4[nH]nc(C(C)C)c4C3)ncnc21. The Kier molecular flexibility index (Phi) is 5.53. The number of aryl methyl sites for hydroxylation is 2. The van der Waals surface area contributed by atoms with E-state index in [1.807, 2.05) is 11.5 Å². The van der Waals surface area contributed by atoms with Crippen LogP contribution in [0.25, 0.3) is 22.6 Å². The predicted octanol–water partition coefficient (Wildman–Crippen LogP) is 5.35. The Morgan fingerprint density at radius 1 is 1.18 bits per heavy atom. The van der Waals surface area contributed by atoms with Crippen LogP contribution in [0, 0.1) is 0 Å². The van der Waals surface area contributed by atoms with Crippen molar-refractivity contribution in [2.24, 2.45) is 0 Å². The van der Waals surface area contributed by atoms with Crippen molar-refractivity contribution in [3.8, 4) is 11.4 Å². The quantitative estimate of drug-likeness (QED) is 0.412. The first-order valence-corrected chi connectivity index (χ1v) is 11.5. The highest BCUT2D eigenvalue weighted by Gasteiger charge is 2.30. The van der Waals surface area contributed by atoms with Crippen molar-refractivity contribution in [1.29, 1.82) is 0 Å². The zero-order valence-corrected chi connectivity index (χ0v) is 19.2. The molecule has 1 aliphatic carbocycles. The molecule has 0 saturated carbocycles. The van der Waals surface area contributed by atoms with Crippen molar-refractivity contribution in [3.05, 3.63) is 53.1 Å². The highest BCUT2D eigenvalue weighted by molar-refractivity contribution is 5.86. The first kappa shape index (κ1) is 22.4. The fourth-order valence-corrected chi connectivity index (χ4v) is 4.68. The predicted molar refractivity (Wildman–Crippen MR) is 124 cm³/mol. The second-order valence-corrected chi connectivity index (χ2v) is 8.95. The van der Waals surface area contributed by atoms with Gasteiger partial charge < -0.3 is 9.88 Å². The molecule has 34 heavy (non-hydrogen) atoms. The van der Waals surface area contributed by atoms with Crippen molar-refractivity contribution >= 4 is 17.0 Å². The summed E-state index contributed by atoms with van der Waals surface area (Å²) in [7, 11) is 0. The number of aromatic amines is 1. The highest BCUT2D eigenvalue weighted by Crippen LogP contribution is 2.33. The molecule has 0 bridgehead atoms. The molecule has 0 radical (unpaired) electrons. The number of hydrogen-bond acceptors (Lipinski definition) is 5. The lowest BCUT2D eigenvalue weighted by Crippen LogP contribution is -2.28. The maximum atomic E-state index is 13.0. The Morgan fingerprint density at radius 3 is 2.62 bits per heavy atom. The number of nitrogens with one attached hydrogen (secondary N) is 2. The normalized spacial score (nSPS) is 16.3. The molecule has 2 N–H and O–H groups in total. The van der Waals surface area contributed by atoms with Gasteiger partial charge in [-0.1, -0.05) is 26.0 Å². The van der Waals surface area contributed by atoms with Gasteiger partial charge >= 0.3 is 6.18 Å². The molecule has 178 valence electrons. The molecule has 0 fully saturated rings. The smallest absolute Gasteiger partial charge is 0.365 e. The minimum absolute atomic E-state index is 0.169. The molecular weight excluding hydrogens is 443 g/mol. The summed E-state index contributed by atoms with van der Waals surface area (Å²) in [6.45, 7) is 6.81. The van der Waals surface area contributed by atoms with E-state index in [1.54, 1.807) is 0 Å². The number of H-pyrrole nitrogens is 1. The lowest BCUT2D eigenvalue weighted by Gasteiger charge is -2.24. The van der Waals surface area contributed by atoms with Gasteiger partial charge in [0.1, 0.15) is 12.2 Å². The van der Waals surface area contributed by atoms with Gasteiger partial charge in [-0.2, -0.15) is 18.3 Å². The topological polar surface area (TPSA) is 84.3 Å². The number of benzene rings is 1. The Balaban J connectivity index is 1.48. The minimum Gasteiger partial charge on any atom is -0.365 e. The molecule has 1 atom stereocenters. The number of hydrogen-bond donors (Lipinski definition) is 2. The van der Waals surface area contributed by atoms with E-state index in [9.17, 15) is 13.2 Å². The van der Waals surface area contributed by atoms with E-state index in [0.717, 1.165) is 37.1 Å². The number of rotatable bonds is 5. The molecule has 3 heterocycles. The van der Waals surface area contributed by atoms with Gasteiger partial charge in [0.15, 0.2) is 17.0 Å². The van der Waals surface area contributed by atoms with Crippen molar-refractivity contribution in [2.45, 2.75) is 64.7 Å². The van der Waals surface area contributed by atoms with Crippen LogP contribution in [0.4, 0.5) is 19.0 Å². The average Bonchev–Trinajstić information content (AvgIpc) is 3.40. The van der Waals surface area contributed by atoms with E-state index in [0.29, 0.717) is 40.8 Å². The summed E-state index contributed by atoms with van der Waals surface area (Å²) >= 11 is 0. The molecule has 10 heteroatoms. The van der Waals surface area contributed by atoms with Crippen molar-refractivity contribution < 1.29 is 13.2 Å². The molecule has 0 saturated heterocycles. The Labute approximate surface area is 194 Å². The maximum Gasteiger partial charge on any atom is 0.416 e. The molecule has 0 aliphatic heterocycles. The Morgan fingerprint density at radius 2 is 1.94 bits per heavy atom. The number of alkyl halides is 3. The van der Waals surface area contributed by atoms with Gasteiger partial charge in [0.25, 0.3) is 0 Å². The molecular formula is C24H26F3N7. The van der Waals surface area contributed by atoms with E-state index in [-0.39, 0.29) is 6.04 Å². The second-order valence-electron chi connectivity index (χ2n) is 8.95. The van der Waals surface area contributed by atoms with Crippen LogP contribution >= 0.6 is 0 Å². The first-order chi connectivity index (χ1) is 16.3. The van der Waals surface area contributed by atoms with Crippen molar-refractivity contribution in [2.75, 3.05) is 5.32 Å². The molecule has 3 aromatic heterocycles. The summed E-state index contributed by atoms with van der Waals surface area (Å²) in [6, 6.07) is 5.23. The molecule has 4 aromatic rings. The molecule has 0 spiro atoms. The van der Waals surface area contributed by atoms with Gasteiger partial charge in [0, 0.05) is 23.8 Å². The second kappa shape index (κ2) is 8.41. The van der Waals surface area contributed by atoms with Gasteiger partial charge in [-0.15, -0.1) is 0 Å². The number of anilines is 1. The number of halogens is 3. The van der Waals surface area contributed by atoms with Gasteiger partial charge in [-0.25, -0.2) is 15.0 Å². The van der Waals surface area contributed by atoms with Crippen LogP contribution in [0.5, 0.6) is 0 Å². The van der Waals surface area contributed by atoms with Gasteiger partial charge in [0.2, 0.25) is 0 Å². The van der Waals surface area contributed by atoms with E-state index < -0.39 is 11.7 Å². The number of fused-ring (bicyclic) bond motifs is 2. The van der Waals surface area contributed by atoms with Crippen LogP contribution in [0.1, 0.15) is 55.6 Å². The average molecular weight is 470 g/mol. The number of aromatic nitrogens is 6. The molecule has 1 aromatic carbocycles. The summed E-state index contributed by atoms with van der Waals surface area (Å²) in [6.07, 6.45) is -0.207. The van der Waals surface area contributed by atoms with Crippen LogP contribution in [0.2, 0.25) is 0 Å². The Hall–Kier alpha value is -3.43. The lowest BCUT2D eigenvalue weighted by molar-refractivity contribution is -0.137. The first-order valence-electron chi connectivity index (χ1n) is 11.5. The van der Waals surface area contributed by atoms with Crippen LogP contribution in [0.3, 0.4) is 0 Å². The van der Waals surface area contributed by atoms with Gasteiger partial charge in [-0.3, -0.25) is 5.10 Å². The fourth-order valence-electron chi connectivity index (χ4n) is 4.68. The summed E-state index contributed by atoms with van der Waals surface area (Å²) in [4.78, 5) is 13.7. The Bertz CT molecular complexity index is 1320. The van der Waals surface area contributed by atoms with Crippen molar-refractivity contribution in [3.63, 3.8) is 0 Å². The van der Waals surface area contributed by atoms with Crippen LogP contribution in [-0.2, 0) is 25.6 Å². The molecule has 0 amide bonds. The van der Waals surface area contributed by atoms with Gasteiger partial charge in [0.05, 0.1) is 11.3 Å². The summed E-state index contributed by atoms with van der Waals surface area (Å²) < 4.78 is 40.9. The van der Waals surface area contributed by atoms with E-state index in [1.165, 1.54) is 29.7 Å². The van der Waals surface area contributed by atoms with E-state index in [4.69, 9.17) is 4.98 Å². The summed E-state index contributed by atoms with van der Waals surface area (Å²) in [5.41, 5.74) is 4.76. The molecule has 7 nitrogen and oxygen atoms in total. The van der Waals surface area contributed by atoms with Crippen molar-refractivity contribution in [1.82, 2.24) is 29.7 Å². The minimum atomic E-state index is -4.38. The van der Waals surface area contributed by atoms with Crippen LogP contribution in [0.15, 0.2) is 30.6 Å². The largest absolute Gasteiger partial charge is 0.416 e. The maximum absolute atomic E-state index is 13.0. The summed E-state index contributed by atoms with van der Waals surface area (Å²) in [5, 5.41) is 11.2. The van der Waals surface area contributed by atoms with Crippen LogP contribution < -0.4 is 5.32 Å².